The van der Waals surface area contributed by atoms with Gasteiger partial charge in [-0.1, -0.05) is 30.0 Å². The van der Waals surface area contributed by atoms with Crippen LogP contribution in [0.3, 0.4) is 0 Å². The number of halogens is 3. The number of benzene rings is 1. The van der Waals surface area contributed by atoms with Crippen LogP contribution in [0.15, 0.2) is 47.6 Å². The quantitative estimate of drug-likeness (QED) is 0.805. The number of nitrogens with zero attached hydrogens (tertiary/aromatic N) is 1. The van der Waals surface area contributed by atoms with Crippen molar-refractivity contribution in [2.24, 2.45) is 0 Å². The molecule has 0 radical (unpaired) electrons. The number of ether oxygens (including phenoxy) is 1. The van der Waals surface area contributed by atoms with E-state index in [1.54, 1.807) is 13.2 Å². The largest absolute Gasteiger partial charge is 0.496 e. The van der Waals surface area contributed by atoms with Crippen LogP contribution in [0.5, 0.6) is 5.75 Å². The first-order chi connectivity index (χ1) is 11.4. The fourth-order valence-electron chi connectivity index (χ4n) is 1.87. The van der Waals surface area contributed by atoms with Gasteiger partial charge in [-0.2, -0.15) is 13.2 Å². The lowest BCUT2D eigenvalue weighted by atomic mass is 10.2. The van der Waals surface area contributed by atoms with Gasteiger partial charge in [0.2, 0.25) is 5.91 Å². The van der Waals surface area contributed by atoms with Gasteiger partial charge in [-0.25, -0.2) is 4.98 Å². The topological polar surface area (TPSA) is 51.2 Å². The molecule has 0 spiro atoms. The fourth-order valence-corrected chi connectivity index (χ4v) is 2.54. The van der Waals surface area contributed by atoms with Crippen LogP contribution < -0.4 is 10.1 Å². The Morgan fingerprint density at radius 1 is 1.25 bits per heavy atom. The van der Waals surface area contributed by atoms with Gasteiger partial charge in [-0.05, 0) is 18.2 Å². The van der Waals surface area contributed by atoms with E-state index in [0.29, 0.717) is 17.3 Å². The minimum absolute atomic E-state index is 0.0630. The molecular formula is C16H15F3N2O2S. The van der Waals surface area contributed by atoms with E-state index in [-0.39, 0.29) is 11.7 Å². The third kappa shape index (κ3) is 5.16. The molecule has 4 nitrogen and oxygen atoms in total. The smallest absolute Gasteiger partial charge is 0.417 e. The Morgan fingerprint density at radius 3 is 2.62 bits per heavy atom. The van der Waals surface area contributed by atoms with Gasteiger partial charge in [-0.15, -0.1) is 0 Å². The molecule has 1 aromatic carbocycles. The minimum Gasteiger partial charge on any atom is -0.496 e. The number of carbonyl (C=O) groups is 1. The number of alkyl halides is 3. The van der Waals surface area contributed by atoms with E-state index in [1.165, 1.54) is 6.07 Å². The summed E-state index contributed by atoms with van der Waals surface area (Å²) in [5.41, 5.74) is 0.0264. The highest BCUT2D eigenvalue weighted by atomic mass is 32.2. The molecule has 1 aromatic heterocycles. The van der Waals surface area contributed by atoms with E-state index in [2.05, 4.69) is 10.3 Å². The summed E-state index contributed by atoms with van der Waals surface area (Å²) < 4.78 is 42.5. The lowest BCUT2D eigenvalue weighted by Gasteiger charge is -2.09. The molecule has 24 heavy (non-hydrogen) atoms. The fraction of sp³-hybridized carbons (Fsp3) is 0.250. The predicted octanol–water partition coefficient (Wildman–Crippen LogP) is 3.52. The summed E-state index contributed by atoms with van der Waals surface area (Å²) in [7, 11) is 1.55. The molecule has 0 aliphatic heterocycles. The zero-order valence-corrected chi connectivity index (χ0v) is 13.6. The molecule has 0 saturated carbocycles. The van der Waals surface area contributed by atoms with Gasteiger partial charge < -0.3 is 10.1 Å². The molecule has 1 N–H and O–H groups in total. The Balaban J connectivity index is 1.83. The second-order valence-corrected chi connectivity index (χ2v) is 5.76. The molecule has 0 unspecified atom stereocenters. The lowest BCUT2D eigenvalue weighted by molar-refractivity contribution is -0.137. The zero-order valence-electron chi connectivity index (χ0n) is 12.8. The first-order valence-electron chi connectivity index (χ1n) is 6.95. The maximum atomic E-state index is 12.4. The third-order valence-electron chi connectivity index (χ3n) is 3.08. The number of nitrogens with one attached hydrogen (secondary N) is 1. The van der Waals surface area contributed by atoms with Gasteiger partial charge >= 0.3 is 6.18 Å². The second kappa shape index (κ2) is 8.05. The Bertz CT molecular complexity index is 690. The van der Waals surface area contributed by atoms with Gasteiger partial charge in [0, 0.05) is 18.3 Å². The highest BCUT2D eigenvalue weighted by molar-refractivity contribution is 7.99. The first-order valence-corrected chi connectivity index (χ1v) is 7.93. The van der Waals surface area contributed by atoms with Gasteiger partial charge in [0.25, 0.3) is 0 Å². The van der Waals surface area contributed by atoms with Crippen LogP contribution in [0.25, 0.3) is 0 Å². The molecule has 128 valence electrons. The molecule has 0 saturated heterocycles. The number of amides is 1. The second-order valence-electron chi connectivity index (χ2n) is 4.76. The molecule has 0 bridgehead atoms. The highest BCUT2D eigenvalue weighted by Crippen LogP contribution is 2.29. The number of thioether (sulfide) groups is 1. The van der Waals surface area contributed by atoms with Gasteiger partial charge in [0.05, 0.1) is 23.5 Å². The van der Waals surface area contributed by atoms with Crippen molar-refractivity contribution in [2.45, 2.75) is 17.7 Å². The van der Waals surface area contributed by atoms with Crippen molar-refractivity contribution in [1.29, 1.82) is 0 Å². The molecular weight excluding hydrogens is 341 g/mol. The Hall–Kier alpha value is -2.22. The maximum Gasteiger partial charge on any atom is 0.417 e. The minimum atomic E-state index is -4.41. The Morgan fingerprint density at radius 2 is 2.00 bits per heavy atom. The van der Waals surface area contributed by atoms with Crippen molar-refractivity contribution in [3.05, 3.63) is 53.7 Å². The van der Waals surface area contributed by atoms with Gasteiger partial charge in [-0.3, -0.25) is 4.79 Å². The summed E-state index contributed by atoms with van der Waals surface area (Å²) in [6.07, 6.45) is -3.66. The summed E-state index contributed by atoms with van der Waals surface area (Å²) in [6.45, 7) is 0.309. The van der Waals surface area contributed by atoms with Crippen molar-refractivity contribution in [1.82, 2.24) is 10.3 Å². The van der Waals surface area contributed by atoms with E-state index in [4.69, 9.17) is 4.74 Å². The van der Waals surface area contributed by atoms with Crippen molar-refractivity contribution >= 4 is 17.7 Å². The Kier molecular flexibility index (Phi) is 6.08. The lowest BCUT2D eigenvalue weighted by Crippen LogP contribution is -2.24. The molecule has 0 aliphatic rings. The SMILES string of the molecule is COc1ccccc1CNC(=O)CSc1ccc(C(F)(F)F)cn1. The molecule has 0 atom stereocenters. The van der Waals surface area contributed by atoms with Crippen LogP contribution in [0.4, 0.5) is 13.2 Å². The number of rotatable bonds is 6. The number of para-hydroxylation sites is 1. The van der Waals surface area contributed by atoms with Crippen molar-refractivity contribution in [3.63, 3.8) is 0 Å². The maximum absolute atomic E-state index is 12.4. The highest BCUT2D eigenvalue weighted by Gasteiger charge is 2.30. The number of aromatic nitrogens is 1. The van der Waals surface area contributed by atoms with Crippen LogP contribution in [0.1, 0.15) is 11.1 Å². The van der Waals surface area contributed by atoms with Crippen molar-refractivity contribution in [2.75, 3.05) is 12.9 Å². The number of pyridine rings is 1. The monoisotopic (exact) mass is 356 g/mol. The average molecular weight is 356 g/mol. The van der Waals surface area contributed by atoms with Crippen LogP contribution in [-0.2, 0) is 17.5 Å². The Labute approximate surface area is 141 Å². The van der Waals surface area contributed by atoms with Crippen LogP contribution in [0.2, 0.25) is 0 Å². The number of carbonyl (C=O) groups excluding carboxylic acids is 1. The summed E-state index contributed by atoms with van der Waals surface area (Å²) in [6, 6.07) is 9.50. The summed E-state index contributed by atoms with van der Waals surface area (Å²) in [5, 5.41) is 3.09. The molecule has 2 aromatic rings. The van der Waals surface area contributed by atoms with Crippen LogP contribution in [0, 0.1) is 0 Å². The molecule has 1 heterocycles. The van der Waals surface area contributed by atoms with Crippen molar-refractivity contribution in [3.8, 4) is 5.75 Å². The first kappa shape index (κ1) is 18.1. The number of hydrogen-bond acceptors (Lipinski definition) is 4. The molecule has 8 heteroatoms. The van der Waals surface area contributed by atoms with Crippen LogP contribution >= 0.6 is 11.8 Å². The zero-order chi connectivity index (χ0) is 17.6. The standard InChI is InChI=1S/C16H15F3N2O2S/c1-23-13-5-3-2-4-11(13)8-20-14(22)10-24-15-7-6-12(9-21-15)16(17,18)19/h2-7,9H,8,10H2,1H3,(H,20,22). The van der Waals surface area contributed by atoms with E-state index < -0.39 is 11.7 Å². The van der Waals surface area contributed by atoms with E-state index in [0.717, 1.165) is 29.6 Å². The summed E-state index contributed by atoms with van der Waals surface area (Å²) in [5.74, 6) is 0.496. The van der Waals surface area contributed by atoms with Crippen LogP contribution in [-0.4, -0.2) is 23.8 Å². The molecule has 2 rings (SSSR count). The van der Waals surface area contributed by atoms with Gasteiger partial charge in [0.15, 0.2) is 0 Å². The van der Waals surface area contributed by atoms with E-state index >= 15 is 0 Å². The molecule has 1 amide bonds. The molecule has 0 aliphatic carbocycles. The van der Waals surface area contributed by atoms with Crippen molar-refractivity contribution < 1.29 is 22.7 Å². The van der Waals surface area contributed by atoms with E-state index in [1.807, 2.05) is 18.2 Å². The third-order valence-corrected chi connectivity index (χ3v) is 4.03. The summed E-state index contributed by atoms with van der Waals surface area (Å²) in [4.78, 5) is 15.5. The van der Waals surface area contributed by atoms with E-state index in [9.17, 15) is 18.0 Å². The summed E-state index contributed by atoms with van der Waals surface area (Å²) >= 11 is 1.07. The number of hydrogen-bond donors (Lipinski definition) is 1. The number of methoxy groups -OCH3 is 1. The van der Waals surface area contributed by atoms with Gasteiger partial charge in [0.1, 0.15) is 5.75 Å². The normalized spacial score (nSPS) is 11.2. The molecule has 0 fully saturated rings. The predicted molar refractivity (Wildman–Crippen MR) is 84.8 cm³/mol. The average Bonchev–Trinajstić information content (AvgIpc) is 2.58.